The highest BCUT2D eigenvalue weighted by Crippen LogP contribution is 2.24. The number of hydrogen-bond acceptors (Lipinski definition) is 4. The van der Waals surface area contributed by atoms with Gasteiger partial charge in [0.2, 0.25) is 0 Å². The molecule has 1 aromatic heterocycles. The maximum absolute atomic E-state index is 8.96. The van der Waals surface area contributed by atoms with Crippen LogP contribution in [0.5, 0.6) is 0 Å². The maximum Gasteiger partial charge on any atom is 0.115 e. The summed E-state index contributed by atoms with van der Waals surface area (Å²) in [7, 11) is 0. The molecule has 0 radical (unpaired) electrons. The van der Waals surface area contributed by atoms with Crippen molar-refractivity contribution in [2.24, 2.45) is 0 Å². The summed E-state index contributed by atoms with van der Waals surface area (Å²) in [6, 6.07) is 6.11. The van der Waals surface area contributed by atoms with Gasteiger partial charge in [-0.3, -0.25) is 5.32 Å². The van der Waals surface area contributed by atoms with E-state index in [-0.39, 0.29) is 6.04 Å². The van der Waals surface area contributed by atoms with Gasteiger partial charge in [-0.05, 0) is 32.4 Å². The van der Waals surface area contributed by atoms with E-state index in [2.05, 4.69) is 16.4 Å². The van der Waals surface area contributed by atoms with Crippen LogP contribution in [-0.2, 0) is 0 Å². The van der Waals surface area contributed by atoms with E-state index in [4.69, 9.17) is 16.9 Å². The lowest BCUT2D eigenvalue weighted by molar-refractivity contribution is 0.522. The zero-order chi connectivity index (χ0) is 12.7. The maximum atomic E-state index is 8.96. The molecular formula is C12H16ClN3S. The lowest BCUT2D eigenvalue weighted by Gasteiger charge is -2.13. The molecule has 0 aromatic carbocycles. The molecule has 1 heterocycles. The highest BCUT2D eigenvalue weighted by Gasteiger charge is 2.09. The Hall–Kier alpha value is -0.760. The SMILES string of the molecule is CC(C)NC(C#N)CCSc1ncccc1Cl. The van der Waals surface area contributed by atoms with Crippen molar-refractivity contribution >= 4 is 23.4 Å². The Labute approximate surface area is 112 Å². The topological polar surface area (TPSA) is 48.7 Å². The summed E-state index contributed by atoms with van der Waals surface area (Å²) < 4.78 is 0. The molecule has 3 nitrogen and oxygen atoms in total. The van der Waals surface area contributed by atoms with Gasteiger partial charge in [0, 0.05) is 18.0 Å². The van der Waals surface area contributed by atoms with E-state index in [0.29, 0.717) is 11.1 Å². The Kier molecular flexibility index (Phi) is 6.35. The average Bonchev–Trinajstić information content (AvgIpc) is 2.29. The van der Waals surface area contributed by atoms with Crippen molar-refractivity contribution in [3.8, 4) is 6.07 Å². The van der Waals surface area contributed by atoms with Crippen molar-refractivity contribution in [1.82, 2.24) is 10.3 Å². The molecule has 1 unspecified atom stereocenters. The predicted octanol–water partition coefficient (Wildman–Crippen LogP) is 3.11. The summed E-state index contributed by atoms with van der Waals surface area (Å²) in [6.45, 7) is 4.07. The van der Waals surface area contributed by atoms with Gasteiger partial charge in [-0.15, -0.1) is 11.8 Å². The second kappa shape index (κ2) is 7.54. The number of nitrogens with zero attached hydrogens (tertiary/aromatic N) is 2. The minimum Gasteiger partial charge on any atom is -0.300 e. The summed E-state index contributed by atoms with van der Waals surface area (Å²) in [5, 5.41) is 13.7. The fourth-order valence-corrected chi connectivity index (χ4v) is 2.51. The van der Waals surface area contributed by atoms with Crippen molar-refractivity contribution in [1.29, 1.82) is 5.26 Å². The van der Waals surface area contributed by atoms with Crippen LogP contribution in [0.3, 0.4) is 0 Å². The van der Waals surface area contributed by atoms with Gasteiger partial charge in [-0.1, -0.05) is 11.6 Å². The summed E-state index contributed by atoms with van der Waals surface area (Å²) in [5.41, 5.74) is 0. The number of halogens is 1. The zero-order valence-electron chi connectivity index (χ0n) is 9.98. The molecule has 0 fully saturated rings. The molecule has 0 aliphatic heterocycles. The quantitative estimate of drug-likeness (QED) is 0.806. The highest BCUT2D eigenvalue weighted by molar-refractivity contribution is 7.99. The van der Waals surface area contributed by atoms with Gasteiger partial charge in [0.15, 0.2) is 0 Å². The molecule has 0 saturated carbocycles. The predicted molar refractivity (Wildman–Crippen MR) is 72.3 cm³/mol. The summed E-state index contributed by atoms with van der Waals surface area (Å²) in [6.07, 6.45) is 2.51. The summed E-state index contributed by atoms with van der Waals surface area (Å²) in [5.74, 6) is 0.828. The van der Waals surface area contributed by atoms with E-state index in [1.807, 2.05) is 26.0 Å². The Morgan fingerprint density at radius 2 is 2.35 bits per heavy atom. The molecule has 1 rings (SSSR count). The van der Waals surface area contributed by atoms with Crippen molar-refractivity contribution < 1.29 is 0 Å². The molecule has 1 aromatic rings. The molecule has 92 valence electrons. The van der Waals surface area contributed by atoms with E-state index in [1.165, 1.54) is 0 Å². The third kappa shape index (κ3) is 5.40. The highest BCUT2D eigenvalue weighted by atomic mass is 35.5. The zero-order valence-corrected chi connectivity index (χ0v) is 11.6. The fourth-order valence-electron chi connectivity index (χ4n) is 1.34. The standard InChI is InChI=1S/C12H16ClN3S/c1-9(2)16-10(8-14)5-7-17-12-11(13)4-3-6-15-12/h3-4,6,9-10,16H,5,7H2,1-2H3. The molecule has 1 atom stereocenters. The van der Waals surface area contributed by atoms with Gasteiger partial charge >= 0.3 is 0 Å². The molecule has 0 aliphatic rings. The lowest BCUT2D eigenvalue weighted by atomic mass is 10.2. The lowest BCUT2D eigenvalue weighted by Crippen LogP contribution is -2.33. The monoisotopic (exact) mass is 269 g/mol. The molecule has 0 spiro atoms. The van der Waals surface area contributed by atoms with E-state index in [9.17, 15) is 0 Å². The minimum atomic E-state index is -0.106. The van der Waals surface area contributed by atoms with Crippen LogP contribution in [-0.4, -0.2) is 22.8 Å². The number of nitriles is 1. The van der Waals surface area contributed by atoms with Crippen molar-refractivity contribution in [2.45, 2.75) is 37.4 Å². The number of aromatic nitrogens is 1. The van der Waals surface area contributed by atoms with Crippen LogP contribution in [0.4, 0.5) is 0 Å². The first kappa shape index (κ1) is 14.3. The number of rotatable bonds is 6. The normalized spacial score (nSPS) is 12.4. The van der Waals surface area contributed by atoms with Crippen LogP contribution in [0.25, 0.3) is 0 Å². The number of nitrogens with one attached hydrogen (secondary N) is 1. The minimum absolute atomic E-state index is 0.106. The third-order valence-corrected chi connectivity index (χ3v) is 3.52. The van der Waals surface area contributed by atoms with Crippen molar-refractivity contribution in [3.63, 3.8) is 0 Å². The fraction of sp³-hybridized carbons (Fsp3) is 0.500. The van der Waals surface area contributed by atoms with Crippen molar-refractivity contribution in [3.05, 3.63) is 23.4 Å². The van der Waals surface area contributed by atoms with E-state index >= 15 is 0 Å². The molecule has 0 amide bonds. The van der Waals surface area contributed by atoms with Crippen LogP contribution < -0.4 is 5.32 Å². The Morgan fingerprint density at radius 3 is 2.94 bits per heavy atom. The smallest absolute Gasteiger partial charge is 0.115 e. The molecule has 5 heteroatoms. The number of hydrogen-bond donors (Lipinski definition) is 1. The van der Waals surface area contributed by atoms with Crippen LogP contribution in [0.15, 0.2) is 23.4 Å². The first-order valence-corrected chi connectivity index (χ1v) is 6.89. The summed E-state index contributed by atoms with van der Waals surface area (Å²) in [4.78, 5) is 4.19. The van der Waals surface area contributed by atoms with Gasteiger partial charge in [0.05, 0.1) is 17.1 Å². The third-order valence-electron chi connectivity index (χ3n) is 2.06. The molecule has 0 aliphatic carbocycles. The van der Waals surface area contributed by atoms with E-state index in [0.717, 1.165) is 17.2 Å². The number of pyridine rings is 1. The van der Waals surface area contributed by atoms with Crippen molar-refractivity contribution in [2.75, 3.05) is 5.75 Å². The first-order chi connectivity index (χ1) is 8.13. The van der Waals surface area contributed by atoms with Crippen LogP contribution >= 0.6 is 23.4 Å². The molecule has 1 N–H and O–H groups in total. The van der Waals surface area contributed by atoms with Crippen LogP contribution in [0.2, 0.25) is 5.02 Å². The molecule has 17 heavy (non-hydrogen) atoms. The molecule has 0 saturated heterocycles. The van der Waals surface area contributed by atoms with Crippen LogP contribution in [0.1, 0.15) is 20.3 Å². The van der Waals surface area contributed by atoms with Gasteiger partial charge in [0.1, 0.15) is 5.03 Å². The summed E-state index contributed by atoms with van der Waals surface area (Å²) >= 11 is 7.58. The van der Waals surface area contributed by atoms with Gasteiger partial charge in [-0.2, -0.15) is 5.26 Å². The van der Waals surface area contributed by atoms with E-state index < -0.39 is 0 Å². The largest absolute Gasteiger partial charge is 0.300 e. The second-order valence-electron chi connectivity index (χ2n) is 3.93. The Bertz CT molecular complexity index is 390. The Balaban J connectivity index is 2.37. The van der Waals surface area contributed by atoms with Gasteiger partial charge in [-0.25, -0.2) is 4.98 Å². The second-order valence-corrected chi connectivity index (χ2v) is 5.42. The van der Waals surface area contributed by atoms with Gasteiger partial charge < -0.3 is 0 Å². The Morgan fingerprint density at radius 1 is 1.59 bits per heavy atom. The molecular weight excluding hydrogens is 254 g/mol. The average molecular weight is 270 g/mol. The number of thioether (sulfide) groups is 1. The first-order valence-electron chi connectivity index (χ1n) is 5.52. The van der Waals surface area contributed by atoms with E-state index in [1.54, 1.807) is 18.0 Å². The van der Waals surface area contributed by atoms with Gasteiger partial charge in [0.25, 0.3) is 0 Å². The van der Waals surface area contributed by atoms with Crippen LogP contribution in [0, 0.1) is 11.3 Å². The molecule has 0 bridgehead atoms.